The van der Waals surface area contributed by atoms with Crippen LogP contribution in [0.25, 0.3) is 0 Å². The number of hydrogen-bond donors (Lipinski definition) is 0. The van der Waals surface area contributed by atoms with Gasteiger partial charge in [-0.05, 0) is 47.5 Å². The van der Waals surface area contributed by atoms with Crippen LogP contribution in [0, 0.1) is 0 Å². The normalized spacial score (nSPS) is 13.5. The predicted octanol–water partition coefficient (Wildman–Crippen LogP) is 4.52. The molecule has 0 radical (unpaired) electrons. The number of ether oxygens (including phenoxy) is 2. The first-order valence-electron chi connectivity index (χ1n) is 6.58. The summed E-state index contributed by atoms with van der Waals surface area (Å²) in [5.41, 5.74) is -0.174. The van der Waals surface area contributed by atoms with Crippen LogP contribution in [0.5, 0.6) is 0 Å². The third kappa shape index (κ3) is 7.24. The molecular weight excluding hydrogens is 200 g/mol. The first kappa shape index (κ1) is 15.9. The summed E-state index contributed by atoms with van der Waals surface area (Å²) in [6, 6.07) is 0. The lowest BCUT2D eigenvalue weighted by Gasteiger charge is -2.34. The van der Waals surface area contributed by atoms with E-state index in [4.69, 9.17) is 9.47 Å². The molecule has 2 heteroatoms. The molecule has 98 valence electrons. The van der Waals surface area contributed by atoms with Crippen molar-refractivity contribution in [3.63, 3.8) is 0 Å². The Balaban J connectivity index is 4.11. The Kier molecular flexibility index (Phi) is 6.57. The van der Waals surface area contributed by atoms with Gasteiger partial charge in [0.15, 0.2) is 6.29 Å². The fourth-order valence-corrected chi connectivity index (χ4v) is 2.24. The summed E-state index contributed by atoms with van der Waals surface area (Å²) in [7, 11) is 0. The van der Waals surface area contributed by atoms with E-state index >= 15 is 0 Å². The largest absolute Gasteiger partial charge is 0.347 e. The Labute approximate surface area is 102 Å². The highest BCUT2D eigenvalue weighted by Crippen LogP contribution is 2.24. The van der Waals surface area contributed by atoms with Crippen molar-refractivity contribution < 1.29 is 9.47 Å². The van der Waals surface area contributed by atoms with Crippen LogP contribution in [-0.4, -0.2) is 17.5 Å². The molecule has 0 aromatic carbocycles. The molecule has 0 spiro atoms. The zero-order valence-corrected chi connectivity index (χ0v) is 12.2. The number of rotatable bonds is 8. The van der Waals surface area contributed by atoms with E-state index in [0.717, 1.165) is 25.7 Å². The van der Waals surface area contributed by atoms with Crippen molar-refractivity contribution in [3.8, 4) is 0 Å². The van der Waals surface area contributed by atoms with Crippen LogP contribution < -0.4 is 0 Å². The average molecular weight is 230 g/mol. The van der Waals surface area contributed by atoms with Crippen molar-refractivity contribution in [2.24, 2.45) is 0 Å². The van der Waals surface area contributed by atoms with Gasteiger partial charge in [-0.15, -0.1) is 0 Å². The van der Waals surface area contributed by atoms with Crippen molar-refractivity contribution >= 4 is 0 Å². The quantitative estimate of drug-likeness (QED) is 0.571. The molecule has 0 aliphatic heterocycles. The standard InChI is InChI=1S/C14H30O2/c1-8-10-13(4,5)15-12(3)16-14(6,7)11-9-2/h12H,8-11H2,1-7H3. The van der Waals surface area contributed by atoms with Crippen LogP contribution in [0.2, 0.25) is 0 Å². The minimum absolute atomic E-state index is 0.0868. The van der Waals surface area contributed by atoms with Crippen LogP contribution in [0.3, 0.4) is 0 Å². The maximum Gasteiger partial charge on any atom is 0.156 e. The third-order valence-corrected chi connectivity index (χ3v) is 2.67. The van der Waals surface area contributed by atoms with E-state index in [1.807, 2.05) is 6.92 Å². The minimum atomic E-state index is -0.136. The summed E-state index contributed by atoms with van der Waals surface area (Å²) >= 11 is 0. The van der Waals surface area contributed by atoms with E-state index in [9.17, 15) is 0 Å². The van der Waals surface area contributed by atoms with Gasteiger partial charge in [-0.25, -0.2) is 0 Å². The molecule has 0 heterocycles. The Morgan fingerprint density at radius 2 is 1.12 bits per heavy atom. The van der Waals surface area contributed by atoms with Crippen LogP contribution in [0.1, 0.15) is 74.1 Å². The Hall–Kier alpha value is -0.0800. The molecule has 0 atom stereocenters. The molecule has 0 unspecified atom stereocenters. The van der Waals surface area contributed by atoms with Gasteiger partial charge in [0.1, 0.15) is 0 Å². The van der Waals surface area contributed by atoms with Crippen LogP contribution >= 0.6 is 0 Å². The average Bonchev–Trinajstić information content (AvgIpc) is 1.99. The molecule has 0 aromatic rings. The second-order valence-corrected chi connectivity index (χ2v) is 5.82. The molecule has 16 heavy (non-hydrogen) atoms. The zero-order valence-electron chi connectivity index (χ0n) is 12.2. The molecule has 0 saturated heterocycles. The zero-order chi connectivity index (χ0) is 12.8. The Bertz CT molecular complexity index is 165. The van der Waals surface area contributed by atoms with Gasteiger partial charge >= 0.3 is 0 Å². The van der Waals surface area contributed by atoms with E-state index in [-0.39, 0.29) is 17.5 Å². The van der Waals surface area contributed by atoms with E-state index in [1.54, 1.807) is 0 Å². The second-order valence-electron chi connectivity index (χ2n) is 5.82. The van der Waals surface area contributed by atoms with Crippen LogP contribution in [-0.2, 0) is 9.47 Å². The van der Waals surface area contributed by atoms with Crippen molar-refractivity contribution in [2.45, 2.75) is 91.6 Å². The molecule has 0 N–H and O–H groups in total. The maximum atomic E-state index is 5.94. The summed E-state index contributed by atoms with van der Waals surface area (Å²) in [4.78, 5) is 0. The fourth-order valence-electron chi connectivity index (χ4n) is 2.24. The lowest BCUT2D eigenvalue weighted by atomic mass is 10.0. The molecule has 0 rings (SSSR count). The molecule has 0 aliphatic rings. The highest BCUT2D eigenvalue weighted by Gasteiger charge is 2.25. The molecular formula is C14H30O2. The Morgan fingerprint density at radius 1 is 0.812 bits per heavy atom. The first-order chi connectivity index (χ1) is 7.22. The van der Waals surface area contributed by atoms with E-state index < -0.39 is 0 Å². The summed E-state index contributed by atoms with van der Waals surface area (Å²) in [5, 5.41) is 0. The number of hydrogen-bond acceptors (Lipinski definition) is 2. The minimum Gasteiger partial charge on any atom is -0.347 e. The summed E-state index contributed by atoms with van der Waals surface area (Å²) < 4.78 is 11.9. The smallest absolute Gasteiger partial charge is 0.156 e. The van der Waals surface area contributed by atoms with Gasteiger partial charge in [0, 0.05) is 0 Å². The lowest BCUT2D eigenvalue weighted by molar-refractivity contribution is -0.235. The molecule has 0 fully saturated rings. The summed E-state index contributed by atoms with van der Waals surface area (Å²) in [5.74, 6) is 0. The van der Waals surface area contributed by atoms with Gasteiger partial charge in [-0.1, -0.05) is 26.7 Å². The molecule has 0 amide bonds. The maximum absolute atomic E-state index is 5.94. The molecule has 0 bridgehead atoms. The van der Waals surface area contributed by atoms with Crippen LogP contribution in [0.15, 0.2) is 0 Å². The van der Waals surface area contributed by atoms with Gasteiger partial charge < -0.3 is 9.47 Å². The Morgan fingerprint density at radius 3 is 1.38 bits per heavy atom. The fraction of sp³-hybridized carbons (Fsp3) is 1.00. The van der Waals surface area contributed by atoms with E-state index in [1.165, 1.54) is 0 Å². The van der Waals surface area contributed by atoms with Crippen LogP contribution in [0.4, 0.5) is 0 Å². The van der Waals surface area contributed by atoms with Gasteiger partial charge in [0.05, 0.1) is 11.2 Å². The monoisotopic (exact) mass is 230 g/mol. The predicted molar refractivity (Wildman–Crippen MR) is 69.6 cm³/mol. The van der Waals surface area contributed by atoms with Gasteiger partial charge in [0.25, 0.3) is 0 Å². The highest BCUT2D eigenvalue weighted by molar-refractivity contribution is 4.71. The molecule has 0 saturated carbocycles. The van der Waals surface area contributed by atoms with Crippen molar-refractivity contribution in [1.82, 2.24) is 0 Å². The molecule has 0 aliphatic carbocycles. The van der Waals surface area contributed by atoms with Gasteiger partial charge in [0.2, 0.25) is 0 Å². The van der Waals surface area contributed by atoms with Crippen molar-refractivity contribution in [1.29, 1.82) is 0 Å². The van der Waals surface area contributed by atoms with Crippen molar-refractivity contribution in [3.05, 3.63) is 0 Å². The molecule has 0 aromatic heterocycles. The second kappa shape index (κ2) is 6.61. The summed E-state index contributed by atoms with van der Waals surface area (Å²) in [6.45, 7) is 14.9. The topological polar surface area (TPSA) is 18.5 Å². The lowest BCUT2D eigenvalue weighted by Crippen LogP contribution is -2.36. The van der Waals surface area contributed by atoms with E-state index in [2.05, 4.69) is 41.5 Å². The molecule has 2 nitrogen and oxygen atoms in total. The third-order valence-electron chi connectivity index (χ3n) is 2.67. The highest BCUT2D eigenvalue weighted by atomic mass is 16.7. The SMILES string of the molecule is CCCC(C)(C)OC(C)OC(C)(C)CCC. The van der Waals surface area contributed by atoms with Gasteiger partial charge in [-0.2, -0.15) is 0 Å². The first-order valence-corrected chi connectivity index (χ1v) is 6.58. The summed E-state index contributed by atoms with van der Waals surface area (Å²) in [6.07, 6.45) is 4.27. The van der Waals surface area contributed by atoms with Crippen molar-refractivity contribution in [2.75, 3.05) is 0 Å². The van der Waals surface area contributed by atoms with Gasteiger partial charge in [-0.3, -0.25) is 0 Å². The van der Waals surface area contributed by atoms with E-state index in [0.29, 0.717) is 0 Å².